The molecule has 1 aliphatic heterocycles. The molecule has 2 heterocycles. The number of aromatic nitrogens is 1. The molecule has 0 bridgehead atoms. The Morgan fingerprint density at radius 1 is 1.14 bits per heavy atom. The van der Waals surface area contributed by atoms with Crippen molar-refractivity contribution in [2.45, 2.75) is 13.3 Å². The average molecular weight is 376 g/mol. The van der Waals surface area contributed by atoms with Crippen molar-refractivity contribution in [2.75, 3.05) is 18.1 Å². The number of amides is 1. The minimum atomic E-state index is -0.565. The van der Waals surface area contributed by atoms with Crippen molar-refractivity contribution >= 4 is 34.3 Å². The molecule has 4 rings (SSSR count). The molecule has 1 atom stereocenters. The second-order valence-electron chi connectivity index (χ2n) is 7.02. The number of anilines is 1. The summed E-state index contributed by atoms with van der Waals surface area (Å²) < 4.78 is 5.23. The molecule has 3 aromatic rings. The van der Waals surface area contributed by atoms with Crippen LogP contribution >= 0.6 is 0 Å². The molecule has 1 saturated heterocycles. The molecule has 1 N–H and O–H groups in total. The monoisotopic (exact) mass is 376 g/mol. The average Bonchev–Trinajstić information content (AvgIpc) is 3.30. The number of Topliss-reactive ketones (excluding diaryl/α,β-unsaturated/α-hetero) is 1. The number of aryl methyl sites for hydroxylation is 1. The van der Waals surface area contributed by atoms with Crippen molar-refractivity contribution in [1.82, 2.24) is 4.98 Å². The lowest BCUT2D eigenvalue weighted by Gasteiger charge is -2.16. The molecular formula is C22H20N2O4. The van der Waals surface area contributed by atoms with Crippen molar-refractivity contribution < 1.29 is 19.1 Å². The van der Waals surface area contributed by atoms with Gasteiger partial charge in [0.1, 0.15) is 0 Å². The lowest BCUT2D eigenvalue weighted by molar-refractivity contribution is -0.147. The van der Waals surface area contributed by atoms with Gasteiger partial charge < -0.3 is 14.6 Å². The lowest BCUT2D eigenvalue weighted by Crippen LogP contribution is -2.27. The van der Waals surface area contributed by atoms with Crippen molar-refractivity contribution in [3.63, 3.8) is 0 Å². The summed E-state index contributed by atoms with van der Waals surface area (Å²) in [4.78, 5) is 41.8. The standard InChI is InChI=1S/C22H20N2O4/c1-14-6-8-16(9-7-14)24-12-15(10-21(24)26)22(27)28-13-20(25)18-11-23-19-5-3-2-4-17(18)19/h2-9,11,15,23H,10,12-13H2,1H3/t15-/m1/s1. The van der Waals surface area contributed by atoms with Crippen LogP contribution in [0.5, 0.6) is 0 Å². The summed E-state index contributed by atoms with van der Waals surface area (Å²) in [5, 5.41) is 0.796. The molecule has 2 aromatic carbocycles. The van der Waals surface area contributed by atoms with Gasteiger partial charge in [0.2, 0.25) is 11.7 Å². The zero-order valence-electron chi connectivity index (χ0n) is 15.5. The fourth-order valence-corrected chi connectivity index (χ4v) is 3.47. The predicted molar refractivity (Wildman–Crippen MR) is 105 cm³/mol. The minimum absolute atomic E-state index is 0.0913. The maximum atomic E-state index is 12.4. The quantitative estimate of drug-likeness (QED) is 0.548. The number of fused-ring (bicyclic) bond motifs is 1. The molecule has 0 unspecified atom stereocenters. The van der Waals surface area contributed by atoms with Crippen LogP contribution in [0, 0.1) is 12.8 Å². The minimum Gasteiger partial charge on any atom is -0.457 e. The fraction of sp³-hybridized carbons (Fsp3) is 0.227. The zero-order valence-corrected chi connectivity index (χ0v) is 15.5. The molecular weight excluding hydrogens is 356 g/mol. The van der Waals surface area contributed by atoms with E-state index in [0.717, 1.165) is 22.2 Å². The van der Waals surface area contributed by atoms with Crippen molar-refractivity contribution in [1.29, 1.82) is 0 Å². The van der Waals surface area contributed by atoms with Gasteiger partial charge in [-0.05, 0) is 25.1 Å². The van der Waals surface area contributed by atoms with Crippen molar-refractivity contribution in [2.24, 2.45) is 5.92 Å². The Hall–Kier alpha value is -3.41. The second kappa shape index (κ2) is 7.31. The molecule has 0 aliphatic carbocycles. The molecule has 1 fully saturated rings. The number of esters is 1. The molecule has 142 valence electrons. The van der Waals surface area contributed by atoms with Gasteiger partial charge in [0, 0.05) is 41.3 Å². The first kappa shape index (κ1) is 18.0. The SMILES string of the molecule is Cc1ccc(N2C[C@H](C(=O)OCC(=O)c3c[nH]c4ccccc34)CC2=O)cc1. The highest BCUT2D eigenvalue weighted by Crippen LogP contribution is 2.26. The largest absolute Gasteiger partial charge is 0.457 e. The summed E-state index contributed by atoms with van der Waals surface area (Å²) in [6.07, 6.45) is 1.72. The van der Waals surface area contributed by atoms with Crippen LogP contribution in [-0.4, -0.2) is 35.8 Å². The van der Waals surface area contributed by atoms with E-state index in [1.165, 1.54) is 0 Å². The molecule has 6 nitrogen and oxygen atoms in total. The number of para-hydroxylation sites is 1. The number of carbonyl (C=O) groups excluding carboxylic acids is 3. The van der Waals surface area contributed by atoms with Crippen LogP contribution in [0.3, 0.4) is 0 Å². The van der Waals surface area contributed by atoms with Gasteiger partial charge in [0.25, 0.3) is 0 Å². The second-order valence-corrected chi connectivity index (χ2v) is 7.02. The third-order valence-electron chi connectivity index (χ3n) is 5.04. The highest BCUT2D eigenvalue weighted by atomic mass is 16.5. The molecule has 28 heavy (non-hydrogen) atoms. The number of nitrogens with zero attached hydrogens (tertiary/aromatic N) is 1. The number of ether oxygens (including phenoxy) is 1. The third-order valence-corrected chi connectivity index (χ3v) is 5.04. The number of hydrogen-bond acceptors (Lipinski definition) is 4. The Kier molecular flexibility index (Phi) is 4.69. The zero-order chi connectivity index (χ0) is 19.7. The van der Waals surface area contributed by atoms with Crippen LogP contribution in [0.1, 0.15) is 22.3 Å². The summed E-state index contributed by atoms with van der Waals surface area (Å²) in [5.74, 6) is -1.47. The van der Waals surface area contributed by atoms with Crippen LogP contribution in [0.25, 0.3) is 10.9 Å². The van der Waals surface area contributed by atoms with E-state index in [-0.39, 0.29) is 31.3 Å². The number of aromatic amines is 1. The van der Waals surface area contributed by atoms with E-state index < -0.39 is 11.9 Å². The Balaban J connectivity index is 1.38. The van der Waals surface area contributed by atoms with E-state index >= 15 is 0 Å². The topological polar surface area (TPSA) is 79.5 Å². The summed E-state index contributed by atoms with van der Waals surface area (Å²) >= 11 is 0. The third kappa shape index (κ3) is 3.41. The van der Waals surface area contributed by atoms with Gasteiger partial charge in [-0.1, -0.05) is 35.9 Å². The van der Waals surface area contributed by atoms with E-state index in [1.54, 1.807) is 11.1 Å². The van der Waals surface area contributed by atoms with Gasteiger partial charge in [-0.15, -0.1) is 0 Å². The van der Waals surface area contributed by atoms with Gasteiger partial charge in [-0.2, -0.15) is 0 Å². The van der Waals surface area contributed by atoms with E-state index in [1.807, 2.05) is 55.5 Å². The molecule has 0 spiro atoms. The fourth-order valence-electron chi connectivity index (χ4n) is 3.47. The molecule has 1 amide bonds. The van der Waals surface area contributed by atoms with E-state index in [9.17, 15) is 14.4 Å². The Labute approximate surface area is 162 Å². The number of carbonyl (C=O) groups is 3. The number of hydrogen-bond donors (Lipinski definition) is 1. The molecule has 1 aliphatic rings. The highest BCUT2D eigenvalue weighted by Gasteiger charge is 2.36. The van der Waals surface area contributed by atoms with Crippen LogP contribution in [0.2, 0.25) is 0 Å². The number of benzene rings is 2. The summed E-state index contributed by atoms with van der Waals surface area (Å²) in [6, 6.07) is 15.0. The van der Waals surface area contributed by atoms with Crippen LogP contribution in [-0.2, 0) is 14.3 Å². The maximum Gasteiger partial charge on any atom is 0.311 e. The van der Waals surface area contributed by atoms with Crippen LogP contribution < -0.4 is 4.90 Å². The first-order chi connectivity index (χ1) is 13.5. The van der Waals surface area contributed by atoms with E-state index in [2.05, 4.69) is 4.98 Å². The van der Waals surface area contributed by atoms with Crippen molar-refractivity contribution in [3.05, 3.63) is 65.9 Å². The van der Waals surface area contributed by atoms with Gasteiger partial charge in [-0.3, -0.25) is 14.4 Å². The van der Waals surface area contributed by atoms with Crippen LogP contribution in [0.4, 0.5) is 5.69 Å². The smallest absolute Gasteiger partial charge is 0.311 e. The predicted octanol–water partition coefficient (Wildman–Crippen LogP) is 3.26. The number of ketones is 1. The number of H-pyrrole nitrogens is 1. The Morgan fingerprint density at radius 3 is 2.68 bits per heavy atom. The molecule has 0 saturated carbocycles. The van der Waals surface area contributed by atoms with Crippen LogP contribution in [0.15, 0.2) is 54.7 Å². The van der Waals surface area contributed by atoms with Gasteiger partial charge in [0.05, 0.1) is 5.92 Å². The summed E-state index contributed by atoms with van der Waals surface area (Å²) in [6.45, 7) is 1.90. The van der Waals surface area contributed by atoms with Gasteiger partial charge >= 0.3 is 5.97 Å². The molecule has 1 aromatic heterocycles. The number of nitrogens with one attached hydrogen (secondary N) is 1. The van der Waals surface area contributed by atoms with Crippen molar-refractivity contribution in [3.8, 4) is 0 Å². The first-order valence-corrected chi connectivity index (χ1v) is 9.16. The molecule has 6 heteroatoms. The molecule has 0 radical (unpaired) electrons. The first-order valence-electron chi connectivity index (χ1n) is 9.16. The highest BCUT2D eigenvalue weighted by molar-refractivity contribution is 6.09. The Bertz CT molecular complexity index is 1050. The van der Waals surface area contributed by atoms with Gasteiger partial charge in [0.15, 0.2) is 6.61 Å². The van der Waals surface area contributed by atoms with E-state index in [4.69, 9.17) is 4.74 Å². The summed E-state index contributed by atoms with van der Waals surface area (Å²) in [5.41, 5.74) is 3.21. The van der Waals surface area contributed by atoms with E-state index in [0.29, 0.717) is 5.56 Å². The maximum absolute atomic E-state index is 12.4. The lowest BCUT2D eigenvalue weighted by atomic mass is 10.1. The normalized spacial score (nSPS) is 16.5. The summed E-state index contributed by atoms with van der Waals surface area (Å²) in [7, 11) is 0. The Morgan fingerprint density at radius 2 is 1.89 bits per heavy atom. The van der Waals surface area contributed by atoms with Gasteiger partial charge in [-0.25, -0.2) is 0 Å². The number of rotatable bonds is 5.